The molecule has 56 heavy (non-hydrogen) atoms. The largest absolute Gasteiger partial charge is 0.464 e. The molecule has 298 valence electrons. The van der Waals surface area contributed by atoms with E-state index in [0.717, 1.165) is 71.6 Å². The van der Waals surface area contributed by atoms with Crippen molar-refractivity contribution in [3.63, 3.8) is 0 Å². The second kappa shape index (κ2) is 17.1. The predicted molar refractivity (Wildman–Crippen MR) is 216 cm³/mol. The lowest BCUT2D eigenvalue weighted by atomic mass is 9.84. The number of nitrogens with one attached hydrogen (secondary N) is 2. The zero-order valence-electron chi connectivity index (χ0n) is 33.4. The van der Waals surface area contributed by atoms with Crippen molar-refractivity contribution in [2.24, 2.45) is 11.3 Å². The van der Waals surface area contributed by atoms with Crippen molar-refractivity contribution in [2.45, 2.75) is 97.6 Å². The van der Waals surface area contributed by atoms with E-state index in [4.69, 9.17) is 19.2 Å². The fourth-order valence-electron chi connectivity index (χ4n) is 8.63. The normalized spacial score (nSPS) is 22.3. The Kier molecular flexibility index (Phi) is 12.0. The second-order valence-corrected chi connectivity index (χ2v) is 16.3. The minimum absolute atomic E-state index is 0.0937. The number of esters is 1. The van der Waals surface area contributed by atoms with Gasteiger partial charge in [0.25, 0.3) is 5.91 Å². The molecule has 7 rings (SSSR count). The Hall–Kier alpha value is -4.94. The first-order valence-electron chi connectivity index (χ1n) is 20.1. The van der Waals surface area contributed by atoms with E-state index in [-0.39, 0.29) is 31.1 Å². The van der Waals surface area contributed by atoms with E-state index in [0.29, 0.717) is 32.2 Å². The van der Waals surface area contributed by atoms with Crippen molar-refractivity contribution in [1.82, 2.24) is 25.3 Å². The fourth-order valence-corrected chi connectivity index (χ4v) is 8.63. The zero-order valence-corrected chi connectivity index (χ0v) is 33.4. The third-order valence-electron chi connectivity index (χ3n) is 11.6. The topological polar surface area (TPSA) is 127 Å². The highest BCUT2D eigenvalue weighted by molar-refractivity contribution is 5.95. The van der Waals surface area contributed by atoms with E-state index in [2.05, 4.69) is 65.2 Å². The number of hydrogen-bond donors (Lipinski definition) is 2. The highest BCUT2D eigenvalue weighted by atomic mass is 16.5. The SMILES string of the molecule is CCn1c(-c2cccnc2[C@H](C)OC)c2c3cc(ccc31)N1CCC[C@@H](C[C@H](NC(=O)OCc3ccccc3)C(=O)N3CCC[C@H](N3)C(=O)OCC(C)(C)C2)C1. The lowest BCUT2D eigenvalue weighted by Crippen LogP contribution is -2.60. The maximum atomic E-state index is 14.3. The number of rotatable bonds is 7. The summed E-state index contributed by atoms with van der Waals surface area (Å²) in [6.07, 6.45) is 5.07. The summed E-state index contributed by atoms with van der Waals surface area (Å²) in [5, 5.41) is 5.56. The summed E-state index contributed by atoms with van der Waals surface area (Å²) >= 11 is 0. The Balaban J connectivity index is 1.27. The summed E-state index contributed by atoms with van der Waals surface area (Å²) < 4.78 is 19.9. The van der Waals surface area contributed by atoms with Gasteiger partial charge < -0.3 is 29.0 Å². The van der Waals surface area contributed by atoms with Crippen molar-refractivity contribution in [3.05, 3.63) is 83.7 Å². The highest BCUT2D eigenvalue weighted by Gasteiger charge is 2.37. The summed E-state index contributed by atoms with van der Waals surface area (Å²) in [5.41, 5.74) is 10.0. The summed E-state index contributed by atoms with van der Waals surface area (Å²) in [5.74, 6) is -0.557. The molecule has 12 nitrogen and oxygen atoms in total. The molecule has 3 aliphatic rings. The minimum Gasteiger partial charge on any atom is -0.464 e. The Bertz CT molecular complexity index is 2030. The first-order valence-corrected chi connectivity index (χ1v) is 20.1. The molecule has 6 bridgehead atoms. The molecular weight excluding hydrogens is 709 g/mol. The Morgan fingerprint density at radius 3 is 2.66 bits per heavy atom. The molecule has 5 heterocycles. The molecule has 4 atom stereocenters. The van der Waals surface area contributed by atoms with Crippen LogP contribution in [0.25, 0.3) is 22.2 Å². The minimum atomic E-state index is -0.846. The number of alkyl carbamates (subject to hydrolysis) is 1. The quantitative estimate of drug-likeness (QED) is 0.192. The summed E-state index contributed by atoms with van der Waals surface area (Å²) in [4.78, 5) is 48.4. The van der Waals surface area contributed by atoms with Crippen LogP contribution < -0.4 is 15.6 Å². The molecule has 3 aliphatic heterocycles. The van der Waals surface area contributed by atoms with Gasteiger partial charge in [0.15, 0.2) is 0 Å². The lowest BCUT2D eigenvalue weighted by molar-refractivity contribution is -0.155. The molecular formula is C44H56N6O6. The molecule has 2 fully saturated rings. The highest BCUT2D eigenvalue weighted by Crippen LogP contribution is 2.42. The van der Waals surface area contributed by atoms with Crippen LogP contribution in [0, 0.1) is 11.3 Å². The smallest absolute Gasteiger partial charge is 0.408 e. The third kappa shape index (κ3) is 8.56. The number of methoxy groups -OCH3 is 1. The van der Waals surface area contributed by atoms with Crippen molar-refractivity contribution in [2.75, 3.05) is 38.3 Å². The number of amides is 2. The average Bonchev–Trinajstić information content (AvgIpc) is 3.52. The van der Waals surface area contributed by atoms with Crippen LogP contribution in [0.2, 0.25) is 0 Å². The van der Waals surface area contributed by atoms with Crippen LogP contribution in [-0.2, 0) is 43.4 Å². The number of aryl methyl sites for hydroxylation is 1. The van der Waals surface area contributed by atoms with Crippen LogP contribution in [-0.4, -0.2) is 78.0 Å². The number of nitrogens with zero attached hydrogens (tertiary/aromatic N) is 4. The van der Waals surface area contributed by atoms with Gasteiger partial charge in [-0.2, -0.15) is 0 Å². The van der Waals surface area contributed by atoms with Gasteiger partial charge in [0.2, 0.25) is 0 Å². The third-order valence-corrected chi connectivity index (χ3v) is 11.6. The first kappa shape index (κ1) is 39.3. The van der Waals surface area contributed by atoms with Crippen molar-refractivity contribution in [3.8, 4) is 11.3 Å². The van der Waals surface area contributed by atoms with Gasteiger partial charge in [-0.3, -0.25) is 19.6 Å². The maximum Gasteiger partial charge on any atom is 0.408 e. The van der Waals surface area contributed by atoms with Gasteiger partial charge in [0.1, 0.15) is 18.7 Å². The van der Waals surface area contributed by atoms with Crippen LogP contribution in [0.15, 0.2) is 66.9 Å². The number of carbonyl (C=O) groups is 3. The molecule has 2 aromatic heterocycles. The van der Waals surface area contributed by atoms with Crippen molar-refractivity contribution < 1.29 is 28.6 Å². The summed E-state index contributed by atoms with van der Waals surface area (Å²) in [6.45, 7) is 11.5. The van der Waals surface area contributed by atoms with E-state index < -0.39 is 29.6 Å². The molecule has 0 unspecified atom stereocenters. The fraction of sp³-hybridized carbons (Fsp3) is 0.500. The molecule has 0 spiro atoms. The zero-order chi connectivity index (χ0) is 39.4. The maximum absolute atomic E-state index is 14.3. The van der Waals surface area contributed by atoms with Gasteiger partial charge in [0, 0.05) is 67.1 Å². The molecule has 0 aliphatic carbocycles. The molecule has 2 N–H and O–H groups in total. The summed E-state index contributed by atoms with van der Waals surface area (Å²) in [6, 6.07) is 18.8. The molecule has 2 saturated heterocycles. The number of aromatic nitrogens is 2. The predicted octanol–water partition coefficient (Wildman–Crippen LogP) is 6.95. The lowest BCUT2D eigenvalue weighted by Gasteiger charge is -2.38. The number of fused-ring (bicyclic) bond motifs is 6. The Morgan fingerprint density at radius 1 is 1.07 bits per heavy atom. The van der Waals surface area contributed by atoms with Gasteiger partial charge in [-0.1, -0.05) is 44.2 Å². The number of piperidine rings is 1. The molecule has 0 radical (unpaired) electrons. The van der Waals surface area contributed by atoms with Crippen LogP contribution in [0.5, 0.6) is 0 Å². The standard InChI is InChI=1S/C44H56N6O6/c1-6-49-38-19-18-32-24-34(38)35(40(49)33-16-10-20-45-39(33)29(2)54-5)25-44(3,4)28-56-42(52)36-17-12-22-50(47-36)41(51)37(23-31-15-11-21-48(32)26-31)46-43(53)55-27-30-13-8-7-9-14-30/h7-10,13-14,16,18-20,24,29,31,36-37,47H,6,11-12,15,17,21-23,25-28H2,1-5H3,(H,46,53)/t29-,31-,36-,37-/m0/s1. The number of cyclic esters (lactones) is 1. The molecule has 4 aromatic rings. The number of benzene rings is 2. The first-order chi connectivity index (χ1) is 27.0. The molecule has 0 saturated carbocycles. The van der Waals surface area contributed by atoms with E-state index >= 15 is 0 Å². The number of anilines is 1. The van der Waals surface area contributed by atoms with E-state index in [1.54, 1.807) is 7.11 Å². The van der Waals surface area contributed by atoms with Crippen molar-refractivity contribution >= 4 is 34.6 Å². The van der Waals surface area contributed by atoms with Crippen LogP contribution >= 0.6 is 0 Å². The molecule has 12 heteroatoms. The number of carbonyl (C=O) groups excluding carboxylic acids is 3. The number of ether oxygens (including phenoxy) is 3. The van der Waals surface area contributed by atoms with Gasteiger partial charge in [0.05, 0.1) is 24.1 Å². The van der Waals surface area contributed by atoms with Crippen LogP contribution in [0.4, 0.5) is 10.5 Å². The van der Waals surface area contributed by atoms with Gasteiger partial charge in [-0.25, -0.2) is 10.2 Å². The van der Waals surface area contributed by atoms with Gasteiger partial charge >= 0.3 is 12.1 Å². The van der Waals surface area contributed by atoms with E-state index in [1.807, 2.05) is 49.5 Å². The van der Waals surface area contributed by atoms with Crippen LogP contribution in [0.1, 0.15) is 82.7 Å². The molecule has 2 aromatic carbocycles. The van der Waals surface area contributed by atoms with Crippen LogP contribution in [0.3, 0.4) is 0 Å². The molecule has 2 amide bonds. The monoisotopic (exact) mass is 764 g/mol. The second-order valence-electron chi connectivity index (χ2n) is 16.3. The average molecular weight is 765 g/mol. The van der Waals surface area contributed by atoms with E-state index in [1.165, 1.54) is 10.6 Å². The van der Waals surface area contributed by atoms with Crippen molar-refractivity contribution in [1.29, 1.82) is 0 Å². The number of hydrazine groups is 1. The number of hydrogen-bond acceptors (Lipinski definition) is 9. The van der Waals surface area contributed by atoms with Gasteiger partial charge in [-0.15, -0.1) is 0 Å². The number of pyridine rings is 1. The Morgan fingerprint density at radius 2 is 1.88 bits per heavy atom. The van der Waals surface area contributed by atoms with Gasteiger partial charge in [-0.05, 0) is 99.7 Å². The Labute approximate surface area is 329 Å². The van der Waals surface area contributed by atoms with E-state index in [9.17, 15) is 14.4 Å². The summed E-state index contributed by atoms with van der Waals surface area (Å²) in [7, 11) is 1.71.